The lowest BCUT2D eigenvalue weighted by atomic mass is 9.77. The highest BCUT2D eigenvalue weighted by molar-refractivity contribution is 6.31. The molecule has 21 heavy (non-hydrogen) atoms. The predicted molar refractivity (Wildman–Crippen MR) is 88.3 cm³/mol. The van der Waals surface area contributed by atoms with E-state index in [-0.39, 0.29) is 5.82 Å². The van der Waals surface area contributed by atoms with E-state index >= 15 is 0 Å². The maximum Gasteiger partial charge on any atom is 0.123 e. The molecule has 1 saturated carbocycles. The fraction of sp³-hybridized carbons (Fsp3) is 0.667. The van der Waals surface area contributed by atoms with E-state index in [1.165, 1.54) is 31.7 Å². The van der Waals surface area contributed by atoms with Gasteiger partial charge in [0.2, 0.25) is 0 Å². The molecule has 1 aromatic carbocycles. The molecule has 0 aromatic heterocycles. The molecule has 2 rings (SSSR count). The summed E-state index contributed by atoms with van der Waals surface area (Å²) in [6.45, 7) is 5.54. The van der Waals surface area contributed by atoms with E-state index in [4.69, 9.17) is 11.6 Å². The molecule has 0 bridgehead atoms. The SMILES string of the molecule is CCCNC(Cc1cc(F)ccc1Cl)C1CCC(C)CC1. The molecule has 1 atom stereocenters. The van der Waals surface area contributed by atoms with Crippen LogP contribution in [-0.2, 0) is 6.42 Å². The van der Waals surface area contributed by atoms with E-state index in [2.05, 4.69) is 19.2 Å². The molecule has 1 fully saturated rings. The zero-order valence-electron chi connectivity index (χ0n) is 13.2. The maximum atomic E-state index is 13.5. The van der Waals surface area contributed by atoms with Crippen LogP contribution in [0.15, 0.2) is 18.2 Å². The molecule has 0 saturated heterocycles. The number of rotatable bonds is 6. The lowest BCUT2D eigenvalue weighted by Crippen LogP contribution is -2.40. The minimum Gasteiger partial charge on any atom is -0.313 e. The van der Waals surface area contributed by atoms with Gasteiger partial charge in [0.25, 0.3) is 0 Å². The normalized spacial score (nSPS) is 24.0. The Hall–Kier alpha value is -0.600. The van der Waals surface area contributed by atoms with Crippen LogP contribution in [0.5, 0.6) is 0 Å². The highest BCUT2D eigenvalue weighted by Crippen LogP contribution is 2.32. The summed E-state index contributed by atoms with van der Waals surface area (Å²) in [6.07, 6.45) is 7.12. The van der Waals surface area contributed by atoms with Gasteiger partial charge in [-0.25, -0.2) is 4.39 Å². The van der Waals surface area contributed by atoms with Crippen LogP contribution < -0.4 is 5.32 Å². The van der Waals surface area contributed by atoms with Crippen molar-refractivity contribution in [2.24, 2.45) is 11.8 Å². The zero-order valence-corrected chi connectivity index (χ0v) is 13.9. The van der Waals surface area contributed by atoms with Crippen LogP contribution in [0.2, 0.25) is 5.02 Å². The fourth-order valence-electron chi connectivity index (χ4n) is 3.36. The van der Waals surface area contributed by atoms with Crippen LogP contribution in [-0.4, -0.2) is 12.6 Å². The number of hydrogen-bond donors (Lipinski definition) is 1. The monoisotopic (exact) mass is 311 g/mol. The second-order valence-corrected chi connectivity index (χ2v) is 6.93. The summed E-state index contributed by atoms with van der Waals surface area (Å²) in [6, 6.07) is 5.11. The molecule has 1 aliphatic carbocycles. The third-order valence-corrected chi connectivity index (χ3v) is 5.10. The Morgan fingerprint density at radius 2 is 2.00 bits per heavy atom. The van der Waals surface area contributed by atoms with Crippen LogP contribution in [0.3, 0.4) is 0 Å². The van der Waals surface area contributed by atoms with Gasteiger partial charge in [-0.3, -0.25) is 0 Å². The van der Waals surface area contributed by atoms with Crippen LogP contribution in [0.1, 0.15) is 51.5 Å². The molecule has 1 aromatic rings. The van der Waals surface area contributed by atoms with Crippen molar-refractivity contribution in [1.82, 2.24) is 5.32 Å². The molecule has 0 spiro atoms. The van der Waals surface area contributed by atoms with Crippen LogP contribution in [0.25, 0.3) is 0 Å². The minimum absolute atomic E-state index is 0.194. The third kappa shape index (κ3) is 4.96. The molecule has 0 radical (unpaired) electrons. The molecule has 1 N–H and O–H groups in total. The van der Waals surface area contributed by atoms with Crippen molar-refractivity contribution in [2.45, 2.75) is 58.4 Å². The Morgan fingerprint density at radius 3 is 2.67 bits per heavy atom. The standard InChI is InChI=1S/C18H27ClFN/c1-3-10-21-18(14-6-4-13(2)5-7-14)12-15-11-16(20)8-9-17(15)19/h8-9,11,13-14,18,21H,3-7,10,12H2,1-2H3. The van der Waals surface area contributed by atoms with Gasteiger partial charge < -0.3 is 5.32 Å². The summed E-state index contributed by atoms with van der Waals surface area (Å²) >= 11 is 6.24. The van der Waals surface area contributed by atoms with E-state index in [1.54, 1.807) is 12.1 Å². The highest BCUT2D eigenvalue weighted by Gasteiger charge is 2.26. The van der Waals surface area contributed by atoms with Gasteiger partial charge in [-0.05, 0) is 67.8 Å². The summed E-state index contributed by atoms with van der Waals surface area (Å²) in [5.74, 6) is 1.35. The van der Waals surface area contributed by atoms with Crippen LogP contribution in [0.4, 0.5) is 4.39 Å². The van der Waals surface area contributed by atoms with Gasteiger partial charge in [-0.15, -0.1) is 0 Å². The van der Waals surface area contributed by atoms with Crippen LogP contribution in [0, 0.1) is 17.7 Å². The Labute approximate surface area is 133 Å². The second-order valence-electron chi connectivity index (χ2n) is 6.52. The molecule has 0 heterocycles. The largest absolute Gasteiger partial charge is 0.313 e. The van der Waals surface area contributed by atoms with Crippen LogP contribution >= 0.6 is 11.6 Å². The summed E-state index contributed by atoms with van der Waals surface area (Å²) in [7, 11) is 0. The molecule has 118 valence electrons. The summed E-state index contributed by atoms with van der Waals surface area (Å²) in [4.78, 5) is 0. The number of halogens is 2. The zero-order chi connectivity index (χ0) is 15.2. The molecular formula is C18H27ClFN. The first-order valence-electron chi connectivity index (χ1n) is 8.27. The molecule has 1 nitrogen and oxygen atoms in total. The van der Waals surface area contributed by atoms with E-state index in [9.17, 15) is 4.39 Å². The van der Waals surface area contributed by atoms with E-state index in [0.717, 1.165) is 30.9 Å². The summed E-state index contributed by atoms with van der Waals surface area (Å²) < 4.78 is 13.5. The Kier molecular flexibility index (Phi) is 6.50. The number of benzene rings is 1. The first kappa shape index (κ1) is 16.8. The van der Waals surface area contributed by atoms with Gasteiger partial charge in [0.05, 0.1) is 0 Å². The second kappa shape index (κ2) is 8.14. The predicted octanol–water partition coefficient (Wildman–Crippen LogP) is 5.22. The van der Waals surface area contributed by atoms with Crippen molar-refractivity contribution in [3.05, 3.63) is 34.6 Å². The number of nitrogens with one attached hydrogen (secondary N) is 1. The summed E-state index contributed by atoms with van der Waals surface area (Å²) in [5.41, 5.74) is 0.934. The maximum absolute atomic E-state index is 13.5. The topological polar surface area (TPSA) is 12.0 Å². The lowest BCUT2D eigenvalue weighted by molar-refractivity contribution is 0.229. The molecule has 3 heteroatoms. The van der Waals surface area contributed by atoms with Crippen molar-refractivity contribution in [2.75, 3.05) is 6.54 Å². The Bertz CT molecular complexity index is 441. The highest BCUT2D eigenvalue weighted by atomic mass is 35.5. The summed E-state index contributed by atoms with van der Waals surface area (Å²) in [5, 5.41) is 4.35. The van der Waals surface area contributed by atoms with Gasteiger partial charge in [-0.1, -0.05) is 38.3 Å². The lowest BCUT2D eigenvalue weighted by Gasteiger charge is -2.33. The van der Waals surface area contributed by atoms with Crippen molar-refractivity contribution in [3.8, 4) is 0 Å². The molecule has 1 unspecified atom stereocenters. The Balaban J connectivity index is 2.06. The Morgan fingerprint density at radius 1 is 1.29 bits per heavy atom. The van der Waals surface area contributed by atoms with Gasteiger partial charge in [-0.2, -0.15) is 0 Å². The van der Waals surface area contributed by atoms with Gasteiger partial charge in [0, 0.05) is 11.1 Å². The quantitative estimate of drug-likeness (QED) is 0.760. The molecule has 0 aliphatic heterocycles. The van der Waals surface area contributed by atoms with Gasteiger partial charge >= 0.3 is 0 Å². The van der Waals surface area contributed by atoms with Crippen molar-refractivity contribution >= 4 is 11.6 Å². The average Bonchev–Trinajstić information content (AvgIpc) is 2.48. The van der Waals surface area contributed by atoms with E-state index in [1.807, 2.05) is 0 Å². The van der Waals surface area contributed by atoms with E-state index < -0.39 is 0 Å². The first-order chi connectivity index (χ1) is 10.1. The molecular weight excluding hydrogens is 285 g/mol. The fourth-order valence-corrected chi connectivity index (χ4v) is 3.55. The average molecular weight is 312 g/mol. The molecule has 1 aliphatic rings. The number of hydrogen-bond acceptors (Lipinski definition) is 1. The van der Waals surface area contributed by atoms with Gasteiger partial charge in [0.15, 0.2) is 0 Å². The third-order valence-electron chi connectivity index (χ3n) is 4.73. The van der Waals surface area contributed by atoms with Gasteiger partial charge in [0.1, 0.15) is 5.82 Å². The van der Waals surface area contributed by atoms with Crippen molar-refractivity contribution < 1.29 is 4.39 Å². The minimum atomic E-state index is -0.194. The van der Waals surface area contributed by atoms with Crippen molar-refractivity contribution in [1.29, 1.82) is 0 Å². The smallest absolute Gasteiger partial charge is 0.123 e. The van der Waals surface area contributed by atoms with E-state index in [0.29, 0.717) is 17.0 Å². The first-order valence-corrected chi connectivity index (χ1v) is 8.65. The van der Waals surface area contributed by atoms with Crippen molar-refractivity contribution in [3.63, 3.8) is 0 Å². The molecule has 0 amide bonds.